The van der Waals surface area contributed by atoms with Crippen molar-refractivity contribution in [3.8, 4) is 0 Å². The van der Waals surface area contributed by atoms with Gasteiger partial charge in [-0.05, 0) is 12.3 Å². The fourth-order valence-electron chi connectivity index (χ4n) is 2.57. The molecule has 2 heterocycles. The van der Waals surface area contributed by atoms with E-state index in [1.165, 1.54) is 18.4 Å². The monoisotopic (exact) mass is 382 g/mol. The van der Waals surface area contributed by atoms with Crippen molar-refractivity contribution in [2.45, 2.75) is 51.9 Å². The highest BCUT2D eigenvalue weighted by molar-refractivity contribution is 7.09. The molecule has 9 heteroatoms. The van der Waals surface area contributed by atoms with Gasteiger partial charge in [-0.25, -0.2) is 14.8 Å². The van der Waals surface area contributed by atoms with Gasteiger partial charge in [0.25, 0.3) is 5.91 Å². The smallest absolute Gasteiger partial charge is 0.357 e. The molecule has 26 heavy (non-hydrogen) atoms. The summed E-state index contributed by atoms with van der Waals surface area (Å²) < 4.78 is 10.2. The number of nitrogens with one attached hydrogen (secondary N) is 1. The SMILES string of the molecule is CCCC(N)C1=NC(C(=O)NC(c2nc(C(=O)OC)cs2)C(C)C)OC1. The highest BCUT2D eigenvalue weighted by Crippen LogP contribution is 2.26. The average Bonchev–Trinajstić information content (AvgIpc) is 3.28. The maximum Gasteiger partial charge on any atom is 0.357 e. The van der Waals surface area contributed by atoms with Crippen molar-refractivity contribution in [1.29, 1.82) is 0 Å². The summed E-state index contributed by atoms with van der Waals surface area (Å²) in [4.78, 5) is 32.8. The number of hydrogen-bond donors (Lipinski definition) is 2. The maximum atomic E-state index is 12.6. The molecule has 0 radical (unpaired) electrons. The number of amides is 1. The van der Waals surface area contributed by atoms with Gasteiger partial charge < -0.3 is 20.5 Å². The number of nitrogens with two attached hydrogens (primary N) is 1. The van der Waals surface area contributed by atoms with Crippen molar-refractivity contribution in [1.82, 2.24) is 10.3 Å². The minimum atomic E-state index is -0.894. The van der Waals surface area contributed by atoms with Crippen LogP contribution in [0.1, 0.15) is 55.2 Å². The predicted molar refractivity (Wildman–Crippen MR) is 99.2 cm³/mol. The Labute approximate surface area is 157 Å². The molecule has 3 unspecified atom stereocenters. The molecule has 0 spiro atoms. The highest BCUT2D eigenvalue weighted by atomic mass is 32.1. The number of carbonyl (C=O) groups excluding carboxylic acids is 2. The highest BCUT2D eigenvalue weighted by Gasteiger charge is 2.31. The Morgan fingerprint density at radius 3 is 2.85 bits per heavy atom. The summed E-state index contributed by atoms with van der Waals surface area (Å²) in [5, 5.41) is 5.18. The Balaban J connectivity index is 2.07. The van der Waals surface area contributed by atoms with E-state index in [4.69, 9.17) is 10.5 Å². The first-order valence-corrected chi connectivity index (χ1v) is 9.53. The third-order valence-corrected chi connectivity index (χ3v) is 5.00. The van der Waals surface area contributed by atoms with Crippen molar-refractivity contribution in [2.75, 3.05) is 13.7 Å². The Morgan fingerprint density at radius 1 is 1.50 bits per heavy atom. The van der Waals surface area contributed by atoms with Gasteiger partial charge in [-0.15, -0.1) is 11.3 Å². The fraction of sp³-hybridized carbons (Fsp3) is 0.647. The van der Waals surface area contributed by atoms with Crippen LogP contribution in [-0.4, -0.2) is 48.6 Å². The number of aromatic nitrogens is 1. The molecule has 0 aliphatic carbocycles. The van der Waals surface area contributed by atoms with E-state index in [-0.39, 0.29) is 36.2 Å². The molecular weight excluding hydrogens is 356 g/mol. The topological polar surface area (TPSA) is 116 Å². The molecular formula is C17H26N4O4S. The van der Waals surface area contributed by atoms with Gasteiger partial charge in [-0.3, -0.25) is 4.79 Å². The number of rotatable bonds is 8. The molecule has 8 nitrogen and oxygen atoms in total. The lowest BCUT2D eigenvalue weighted by Gasteiger charge is -2.21. The summed E-state index contributed by atoms with van der Waals surface area (Å²) >= 11 is 1.30. The Morgan fingerprint density at radius 2 is 2.23 bits per heavy atom. The number of ether oxygens (including phenoxy) is 2. The van der Waals surface area contributed by atoms with Crippen LogP contribution in [0.3, 0.4) is 0 Å². The van der Waals surface area contributed by atoms with Gasteiger partial charge in [0, 0.05) is 11.4 Å². The lowest BCUT2D eigenvalue weighted by atomic mass is 10.1. The van der Waals surface area contributed by atoms with Gasteiger partial charge in [-0.1, -0.05) is 27.2 Å². The van der Waals surface area contributed by atoms with Gasteiger partial charge in [0.15, 0.2) is 5.69 Å². The van der Waals surface area contributed by atoms with E-state index in [9.17, 15) is 9.59 Å². The third kappa shape index (κ3) is 4.87. The van der Waals surface area contributed by atoms with Gasteiger partial charge in [0.1, 0.15) is 5.01 Å². The molecule has 1 aromatic rings. The first-order chi connectivity index (χ1) is 12.4. The molecule has 1 aliphatic rings. The second-order valence-electron chi connectivity index (χ2n) is 6.47. The van der Waals surface area contributed by atoms with E-state index in [2.05, 4.69) is 20.0 Å². The molecule has 0 fully saturated rings. The van der Waals surface area contributed by atoms with E-state index in [1.807, 2.05) is 20.8 Å². The molecule has 3 atom stereocenters. The third-order valence-electron chi connectivity index (χ3n) is 4.07. The quantitative estimate of drug-likeness (QED) is 0.661. The second kappa shape index (κ2) is 9.20. The summed E-state index contributed by atoms with van der Waals surface area (Å²) in [5.41, 5.74) is 6.99. The lowest BCUT2D eigenvalue weighted by molar-refractivity contribution is -0.131. The van der Waals surface area contributed by atoms with Crippen LogP contribution < -0.4 is 11.1 Å². The number of nitrogens with zero attached hydrogens (tertiary/aromatic N) is 2. The lowest BCUT2D eigenvalue weighted by Crippen LogP contribution is -2.38. The van der Waals surface area contributed by atoms with Crippen LogP contribution in [0.15, 0.2) is 10.4 Å². The number of esters is 1. The maximum absolute atomic E-state index is 12.6. The van der Waals surface area contributed by atoms with Crippen LogP contribution in [0.25, 0.3) is 0 Å². The number of thiazole rings is 1. The summed E-state index contributed by atoms with van der Waals surface area (Å²) in [5.74, 6) is -0.764. The minimum Gasteiger partial charge on any atom is -0.464 e. The second-order valence-corrected chi connectivity index (χ2v) is 7.36. The number of hydrogen-bond acceptors (Lipinski definition) is 8. The summed E-state index contributed by atoms with van der Waals surface area (Å²) in [6, 6.07) is -0.529. The molecule has 3 N–H and O–H groups in total. The molecule has 2 rings (SSSR count). The number of aliphatic imine (C=N–C) groups is 1. The van der Waals surface area contributed by atoms with Crippen molar-refractivity contribution >= 4 is 28.9 Å². The number of methoxy groups -OCH3 is 1. The molecule has 144 valence electrons. The first-order valence-electron chi connectivity index (χ1n) is 8.65. The van der Waals surface area contributed by atoms with Crippen LogP contribution in [-0.2, 0) is 14.3 Å². The molecule has 1 amide bonds. The first kappa shape index (κ1) is 20.5. The van der Waals surface area contributed by atoms with Crippen LogP contribution in [0.2, 0.25) is 0 Å². The largest absolute Gasteiger partial charge is 0.464 e. The van der Waals surface area contributed by atoms with Gasteiger partial charge >= 0.3 is 5.97 Å². The van der Waals surface area contributed by atoms with Crippen LogP contribution in [0.5, 0.6) is 0 Å². The number of carbonyl (C=O) groups is 2. The van der Waals surface area contributed by atoms with Crippen LogP contribution in [0.4, 0.5) is 0 Å². The van der Waals surface area contributed by atoms with E-state index in [1.54, 1.807) is 5.38 Å². The zero-order valence-electron chi connectivity index (χ0n) is 15.5. The molecule has 1 aromatic heterocycles. The molecule has 0 saturated carbocycles. The van der Waals surface area contributed by atoms with Crippen LogP contribution in [0, 0.1) is 5.92 Å². The van der Waals surface area contributed by atoms with E-state index in [0.717, 1.165) is 18.6 Å². The summed E-state index contributed by atoms with van der Waals surface area (Å²) in [6.07, 6.45) is 0.855. The molecule has 0 aromatic carbocycles. The van der Waals surface area contributed by atoms with E-state index < -0.39 is 12.2 Å². The normalized spacial score (nSPS) is 19.2. The van der Waals surface area contributed by atoms with Crippen molar-refractivity contribution in [3.05, 3.63) is 16.1 Å². The predicted octanol–water partition coefficient (Wildman–Crippen LogP) is 1.67. The zero-order chi connectivity index (χ0) is 19.3. The van der Waals surface area contributed by atoms with E-state index in [0.29, 0.717) is 5.01 Å². The Bertz CT molecular complexity index is 673. The summed E-state index contributed by atoms with van der Waals surface area (Å²) in [7, 11) is 1.30. The molecule has 0 bridgehead atoms. The van der Waals surface area contributed by atoms with Crippen molar-refractivity contribution in [3.63, 3.8) is 0 Å². The van der Waals surface area contributed by atoms with Gasteiger partial charge in [-0.2, -0.15) is 0 Å². The minimum absolute atomic E-state index is 0.0720. The average molecular weight is 382 g/mol. The van der Waals surface area contributed by atoms with Gasteiger partial charge in [0.2, 0.25) is 6.23 Å². The van der Waals surface area contributed by atoms with Gasteiger partial charge in [0.05, 0.1) is 25.5 Å². The fourth-order valence-corrected chi connectivity index (χ4v) is 3.58. The Kier molecular flexibility index (Phi) is 7.24. The summed E-state index contributed by atoms with van der Waals surface area (Å²) in [6.45, 7) is 6.25. The van der Waals surface area contributed by atoms with Crippen LogP contribution >= 0.6 is 11.3 Å². The molecule has 1 aliphatic heterocycles. The van der Waals surface area contributed by atoms with E-state index >= 15 is 0 Å². The van der Waals surface area contributed by atoms with Crippen molar-refractivity contribution in [2.24, 2.45) is 16.6 Å². The zero-order valence-corrected chi connectivity index (χ0v) is 16.3. The Hall–Kier alpha value is -1.84. The van der Waals surface area contributed by atoms with Crippen molar-refractivity contribution < 1.29 is 19.1 Å². The molecule has 0 saturated heterocycles. The standard InChI is InChI=1S/C17H26N4O4S/c1-5-6-10(18)11-7-25-15(19-11)14(22)21-13(9(2)3)16-20-12(8-26-16)17(23)24-4/h8-10,13,15H,5-7,18H2,1-4H3,(H,21,22).